The fraction of sp³-hybridized carbons (Fsp3) is 0.143. The number of fused-ring (bicyclic) bond motifs is 1. The number of carbonyl (C=O) groups excluding carboxylic acids is 1. The summed E-state index contributed by atoms with van der Waals surface area (Å²) >= 11 is 0. The van der Waals surface area contributed by atoms with Crippen molar-refractivity contribution in [2.75, 3.05) is 0 Å². The second-order valence-corrected chi connectivity index (χ2v) is 2.38. The van der Waals surface area contributed by atoms with E-state index in [0.717, 1.165) is 0 Å². The van der Waals surface area contributed by atoms with Crippen LogP contribution in [0.25, 0.3) is 11.0 Å². The van der Waals surface area contributed by atoms with E-state index < -0.39 is 0 Å². The smallest absolute Gasteiger partial charge is 0.245 e. The Balaban J connectivity index is 2.79. The second-order valence-electron chi connectivity index (χ2n) is 2.38. The molecule has 0 bridgehead atoms. The molecule has 0 unspecified atom stereocenters. The minimum absolute atomic E-state index is 0.149. The van der Waals surface area contributed by atoms with Crippen LogP contribution >= 0.6 is 0 Å². The third-order valence-corrected chi connectivity index (χ3v) is 1.55. The molecule has 0 fully saturated rings. The fourth-order valence-electron chi connectivity index (χ4n) is 1.01. The van der Waals surface area contributed by atoms with Crippen molar-refractivity contribution in [3.8, 4) is 0 Å². The maximum atomic E-state index is 11.0. The van der Waals surface area contributed by atoms with Crippen LogP contribution in [-0.4, -0.2) is 25.9 Å². The second kappa shape index (κ2) is 2.37. The summed E-state index contributed by atoms with van der Waals surface area (Å²) in [6.07, 6.45) is 3.17. The SMILES string of the molecule is CC(=O)n1nnc2cnccc21. The van der Waals surface area contributed by atoms with Crippen molar-refractivity contribution in [2.45, 2.75) is 6.92 Å². The minimum Gasteiger partial charge on any atom is -0.273 e. The maximum Gasteiger partial charge on any atom is 0.245 e. The predicted molar refractivity (Wildman–Crippen MR) is 41.6 cm³/mol. The van der Waals surface area contributed by atoms with E-state index in [1.54, 1.807) is 18.5 Å². The summed E-state index contributed by atoms with van der Waals surface area (Å²) in [6, 6.07) is 1.71. The van der Waals surface area contributed by atoms with Crippen LogP contribution in [0.3, 0.4) is 0 Å². The Bertz CT molecular complexity index is 434. The maximum absolute atomic E-state index is 11.0. The molecule has 0 saturated heterocycles. The van der Waals surface area contributed by atoms with Gasteiger partial charge in [-0.25, -0.2) is 0 Å². The standard InChI is InChI=1S/C7H6N4O/c1-5(12)11-7-2-3-8-4-6(7)9-10-11/h2-4H,1H3. The third kappa shape index (κ3) is 0.868. The van der Waals surface area contributed by atoms with Crippen molar-refractivity contribution in [3.63, 3.8) is 0 Å². The van der Waals surface area contributed by atoms with Crippen LogP contribution in [0, 0.1) is 0 Å². The zero-order chi connectivity index (χ0) is 8.55. The van der Waals surface area contributed by atoms with E-state index in [-0.39, 0.29) is 5.91 Å². The third-order valence-electron chi connectivity index (χ3n) is 1.55. The number of carbonyl (C=O) groups is 1. The van der Waals surface area contributed by atoms with Gasteiger partial charge in [0.1, 0.15) is 11.0 Å². The lowest BCUT2D eigenvalue weighted by Crippen LogP contribution is -2.06. The Morgan fingerprint density at radius 3 is 3.17 bits per heavy atom. The molecule has 2 aromatic heterocycles. The van der Waals surface area contributed by atoms with Crippen LogP contribution < -0.4 is 0 Å². The zero-order valence-corrected chi connectivity index (χ0v) is 6.43. The average Bonchev–Trinajstić information content (AvgIpc) is 2.47. The van der Waals surface area contributed by atoms with Crippen LogP contribution in [0.2, 0.25) is 0 Å². The Hall–Kier alpha value is -1.78. The number of nitrogens with zero attached hydrogens (tertiary/aromatic N) is 4. The molecule has 0 radical (unpaired) electrons. The van der Waals surface area contributed by atoms with Gasteiger partial charge in [0.15, 0.2) is 0 Å². The Labute approximate surface area is 68.0 Å². The molecule has 12 heavy (non-hydrogen) atoms. The van der Waals surface area contributed by atoms with Crippen molar-refractivity contribution in [1.82, 2.24) is 20.0 Å². The predicted octanol–water partition coefficient (Wildman–Crippen LogP) is 0.486. The summed E-state index contributed by atoms with van der Waals surface area (Å²) in [6.45, 7) is 1.44. The molecule has 0 amide bonds. The van der Waals surface area contributed by atoms with Crippen LogP contribution in [0.4, 0.5) is 0 Å². The Morgan fingerprint density at radius 1 is 1.58 bits per heavy atom. The number of hydrogen-bond acceptors (Lipinski definition) is 4. The van der Waals surface area contributed by atoms with Crippen LogP contribution in [-0.2, 0) is 0 Å². The first kappa shape index (κ1) is 6.90. The number of aromatic nitrogens is 4. The molecule has 0 aliphatic heterocycles. The zero-order valence-electron chi connectivity index (χ0n) is 6.43. The summed E-state index contributed by atoms with van der Waals surface area (Å²) in [7, 11) is 0. The van der Waals surface area contributed by atoms with Gasteiger partial charge in [-0.15, -0.1) is 5.10 Å². The van der Waals surface area contributed by atoms with Gasteiger partial charge in [0.2, 0.25) is 5.91 Å². The topological polar surface area (TPSA) is 60.7 Å². The van der Waals surface area contributed by atoms with Gasteiger partial charge in [-0.05, 0) is 6.07 Å². The van der Waals surface area contributed by atoms with Crippen LogP contribution in [0.15, 0.2) is 18.5 Å². The highest BCUT2D eigenvalue weighted by molar-refractivity contribution is 5.86. The lowest BCUT2D eigenvalue weighted by molar-refractivity contribution is 0.0924. The number of hydrogen-bond donors (Lipinski definition) is 0. The van der Waals surface area contributed by atoms with E-state index in [0.29, 0.717) is 11.0 Å². The quantitative estimate of drug-likeness (QED) is 0.565. The highest BCUT2D eigenvalue weighted by Gasteiger charge is 2.05. The van der Waals surface area contributed by atoms with Crippen molar-refractivity contribution < 1.29 is 4.79 Å². The van der Waals surface area contributed by atoms with Gasteiger partial charge in [0.05, 0.1) is 6.20 Å². The molecular weight excluding hydrogens is 156 g/mol. The first-order valence-electron chi connectivity index (χ1n) is 3.45. The van der Waals surface area contributed by atoms with Gasteiger partial charge >= 0.3 is 0 Å². The molecule has 0 atom stereocenters. The molecule has 5 heteroatoms. The van der Waals surface area contributed by atoms with E-state index in [2.05, 4.69) is 15.3 Å². The molecule has 0 saturated carbocycles. The summed E-state index contributed by atoms with van der Waals surface area (Å²) in [5, 5.41) is 7.44. The van der Waals surface area contributed by atoms with E-state index in [4.69, 9.17) is 0 Å². The van der Waals surface area contributed by atoms with E-state index in [1.807, 2.05) is 0 Å². The van der Waals surface area contributed by atoms with Gasteiger partial charge in [-0.2, -0.15) is 4.68 Å². The molecular formula is C7H6N4O. The Kier molecular flexibility index (Phi) is 1.36. The molecule has 0 aliphatic carbocycles. The van der Waals surface area contributed by atoms with Crippen LogP contribution in [0.5, 0.6) is 0 Å². The molecule has 2 aromatic rings. The van der Waals surface area contributed by atoms with Gasteiger partial charge in [0.25, 0.3) is 0 Å². The molecule has 0 N–H and O–H groups in total. The van der Waals surface area contributed by atoms with E-state index >= 15 is 0 Å². The fourth-order valence-corrected chi connectivity index (χ4v) is 1.01. The monoisotopic (exact) mass is 162 g/mol. The number of rotatable bonds is 0. The van der Waals surface area contributed by atoms with Crippen molar-refractivity contribution in [1.29, 1.82) is 0 Å². The summed E-state index contributed by atoms with van der Waals surface area (Å²) in [5.74, 6) is -0.149. The first-order chi connectivity index (χ1) is 5.79. The highest BCUT2D eigenvalue weighted by atomic mass is 16.2. The molecule has 2 heterocycles. The molecule has 2 rings (SSSR count). The van der Waals surface area contributed by atoms with Crippen molar-refractivity contribution in [3.05, 3.63) is 18.5 Å². The Morgan fingerprint density at radius 2 is 2.42 bits per heavy atom. The molecule has 0 aromatic carbocycles. The van der Waals surface area contributed by atoms with Gasteiger partial charge in [0, 0.05) is 13.1 Å². The van der Waals surface area contributed by atoms with E-state index in [9.17, 15) is 4.79 Å². The molecule has 0 aliphatic rings. The molecule has 0 spiro atoms. The van der Waals surface area contributed by atoms with Gasteiger partial charge in [-0.1, -0.05) is 5.21 Å². The average molecular weight is 162 g/mol. The van der Waals surface area contributed by atoms with Crippen molar-refractivity contribution >= 4 is 16.9 Å². The first-order valence-corrected chi connectivity index (χ1v) is 3.45. The lowest BCUT2D eigenvalue weighted by atomic mass is 10.4. The van der Waals surface area contributed by atoms with Crippen LogP contribution in [0.1, 0.15) is 11.7 Å². The summed E-state index contributed by atoms with van der Waals surface area (Å²) in [5.41, 5.74) is 1.32. The molecule has 60 valence electrons. The summed E-state index contributed by atoms with van der Waals surface area (Å²) < 4.78 is 1.25. The number of pyridine rings is 1. The molecule has 5 nitrogen and oxygen atoms in total. The summed E-state index contributed by atoms with van der Waals surface area (Å²) in [4.78, 5) is 14.8. The van der Waals surface area contributed by atoms with Gasteiger partial charge < -0.3 is 0 Å². The normalized spacial score (nSPS) is 10.4. The highest BCUT2D eigenvalue weighted by Crippen LogP contribution is 2.06. The minimum atomic E-state index is -0.149. The lowest BCUT2D eigenvalue weighted by Gasteiger charge is -1.91. The van der Waals surface area contributed by atoms with Gasteiger partial charge in [-0.3, -0.25) is 9.78 Å². The van der Waals surface area contributed by atoms with E-state index in [1.165, 1.54) is 11.6 Å². The van der Waals surface area contributed by atoms with Crippen molar-refractivity contribution in [2.24, 2.45) is 0 Å². The largest absolute Gasteiger partial charge is 0.273 e.